The molecule has 12 heteroatoms. The molecular weight excluding hydrogens is 571 g/mol. The molecule has 0 fully saturated rings. The summed E-state index contributed by atoms with van der Waals surface area (Å²) in [6.45, 7) is 3.49. The number of hydrogen-bond donors (Lipinski definition) is 1. The number of aromatic nitrogens is 3. The number of nitrogens with zero attached hydrogens (tertiary/aromatic N) is 4. The van der Waals surface area contributed by atoms with Gasteiger partial charge in [0.2, 0.25) is 10.9 Å². The molecule has 1 amide bonds. The third kappa shape index (κ3) is 4.92. The van der Waals surface area contributed by atoms with Gasteiger partial charge in [-0.3, -0.25) is 14.5 Å². The Bertz CT molecular complexity index is 1530. The second-order valence-electron chi connectivity index (χ2n) is 8.08. The standard InChI is InChI=1S/C25H18Cl2N4O3S3/c1-12-22(36-13(2)28-12)20(32)18-19(17-15(26)9-6-10-16(17)27)31(23(34)21(18)33)24-29-30-25(37-24)35-11-14-7-4-3-5-8-14/h3-10,19,33H,11H2,1-2H3. The smallest absolute Gasteiger partial charge is 0.296 e. The summed E-state index contributed by atoms with van der Waals surface area (Å²) >= 11 is 16.9. The molecule has 37 heavy (non-hydrogen) atoms. The number of thioether (sulfide) groups is 1. The molecule has 7 nitrogen and oxygen atoms in total. The van der Waals surface area contributed by atoms with Crippen LogP contribution in [0.3, 0.4) is 0 Å². The lowest BCUT2D eigenvalue weighted by Gasteiger charge is -2.25. The number of carbonyl (C=O) groups is 2. The molecule has 1 atom stereocenters. The zero-order chi connectivity index (χ0) is 26.3. The van der Waals surface area contributed by atoms with Crippen LogP contribution in [0.2, 0.25) is 10.0 Å². The maximum atomic E-state index is 13.7. The molecule has 1 N–H and O–H groups in total. The van der Waals surface area contributed by atoms with Gasteiger partial charge in [0.15, 0.2) is 10.1 Å². The van der Waals surface area contributed by atoms with Crippen LogP contribution in [0.25, 0.3) is 0 Å². The van der Waals surface area contributed by atoms with Gasteiger partial charge in [-0.15, -0.1) is 21.5 Å². The van der Waals surface area contributed by atoms with Crippen LogP contribution in [0.5, 0.6) is 0 Å². The van der Waals surface area contributed by atoms with Crippen molar-refractivity contribution in [3.8, 4) is 0 Å². The van der Waals surface area contributed by atoms with Crippen LogP contribution in [0.15, 0.2) is 64.2 Å². The predicted octanol–water partition coefficient (Wildman–Crippen LogP) is 6.99. The molecular formula is C25H18Cl2N4O3S3. The van der Waals surface area contributed by atoms with Gasteiger partial charge in [-0.2, -0.15) is 0 Å². The van der Waals surface area contributed by atoms with Crippen molar-refractivity contribution in [1.29, 1.82) is 0 Å². The lowest BCUT2D eigenvalue weighted by Crippen LogP contribution is -2.31. The third-order valence-corrected chi connectivity index (χ3v) is 9.50. The molecule has 0 saturated carbocycles. The molecule has 5 rings (SSSR count). The van der Waals surface area contributed by atoms with Crippen molar-refractivity contribution in [1.82, 2.24) is 15.2 Å². The largest absolute Gasteiger partial charge is 0.503 e. The molecule has 2 aromatic carbocycles. The molecule has 4 aromatic rings. The van der Waals surface area contributed by atoms with E-state index in [4.69, 9.17) is 23.2 Å². The number of hydrogen-bond acceptors (Lipinski definition) is 9. The minimum absolute atomic E-state index is 0.125. The fourth-order valence-corrected chi connectivity index (χ4v) is 7.32. The maximum absolute atomic E-state index is 13.7. The Morgan fingerprint density at radius 1 is 1.05 bits per heavy atom. The molecule has 2 aromatic heterocycles. The van der Waals surface area contributed by atoms with E-state index in [-0.39, 0.29) is 20.7 Å². The van der Waals surface area contributed by atoms with Crippen LogP contribution in [-0.2, 0) is 10.5 Å². The zero-order valence-electron chi connectivity index (χ0n) is 19.4. The summed E-state index contributed by atoms with van der Waals surface area (Å²) < 4.78 is 0.629. The Balaban J connectivity index is 1.57. The third-order valence-electron chi connectivity index (χ3n) is 5.64. The van der Waals surface area contributed by atoms with E-state index in [1.807, 2.05) is 30.3 Å². The summed E-state index contributed by atoms with van der Waals surface area (Å²) in [4.78, 5) is 33.1. The molecule has 1 unspecified atom stereocenters. The highest BCUT2D eigenvalue weighted by molar-refractivity contribution is 8.00. The van der Waals surface area contributed by atoms with Gasteiger partial charge in [0.25, 0.3) is 5.91 Å². The summed E-state index contributed by atoms with van der Waals surface area (Å²) in [5.74, 6) is -1.30. The minimum atomic E-state index is -1.09. The van der Waals surface area contributed by atoms with Crippen LogP contribution < -0.4 is 4.90 Å². The quantitative estimate of drug-likeness (QED) is 0.141. The van der Waals surface area contributed by atoms with E-state index in [0.29, 0.717) is 31.2 Å². The monoisotopic (exact) mass is 588 g/mol. The number of amides is 1. The number of halogens is 2. The summed E-state index contributed by atoms with van der Waals surface area (Å²) in [5.41, 5.74) is 1.82. The average Bonchev–Trinajstić information content (AvgIpc) is 3.54. The van der Waals surface area contributed by atoms with E-state index >= 15 is 0 Å². The van der Waals surface area contributed by atoms with Crippen molar-refractivity contribution in [2.45, 2.75) is 30.0 Å². The molecule has 0 radical (unpaired) electrons. The number of rotatable bonds is 7. The number of benzene rings is 2. The second-order valence-corrected chi connectivity index (χ2v) is 12.3. The van der Waals surface area contributed by atoms with Crippen molar-refractivity contribution >= 4 is 74.5 Å². The Morgan fingerprint density at radius 2 is 1.76 bits per heavy atom. The number of aryl methyl sites for hydroxylation is 2. The van der Waals surface area contributed by atoms with Gasteiger partial charge < -0.3 is 5.11 Å². The number of aliphatic hydroxyl groups excluding tert-OH is 1. The molecule has 3 heterocycles. The first kappa shape index (κ1) is 25.9. The molecule has 1 aliphatic rings. The predicted molar refractivity (Wildman–Crippen MR) is 148 cm³/mol. The summed E-state index contributed by atoms with van der Waals surface area (Å²) in [6.07, 6.45) is 0. The Morgan fingerprint density at radius 3 is 2.41 bits per heavy atom. The van der Waals surface area contributed by atoms with Gasteiger partial charge >= 0.3 is 0 Å². The first-order valence-electron chi connectivity index (χ1n) is 11.0. The fourth-order valence-electron chi connectivity index (χ4n) is 4.02. The zero-order valence-corrected chi connectivity index (χ0v) is 23.4. The fraction of sp³-hybridized carbons (Fsp3) is 0.160. The molecule has 0 spiro atoms. The Labute approximate surface area is 234 Å². The van der Waals surface area contributed by atoms with Crippen molar-refractivity contribution in [3.63, 3.8) is 0 Å². The number of ketones is 1. The van der Waals surface area contributed by atoms with E-state index in [0.717, 1.165) is 5.56 Å². The van der Waals surface area contributed by atoms with Crippen LogP contribution in [-0.4, -0.2) is 32.0 Å². The first-order valence-corrected chi connectivity index (χ1v) is 14.3. The van der Waals surface area contributed by atoms with E-state index in [9.17, 15) is 14.7 Å². The van der Waals surface area contributed by atoms with Crippen LogP contribution in [0.4, 0.5) is 5.13 Å². The van der Waals surface area contributed by atoms with Gasteiger partial charge in [0, 0.05) is 21.4 Å². The average molecular weight is 590 g/mol. The van der Waals surface area contributed by atoms with Crippen molar-refractivity contribution in [3.05, 3.63) is 96.6 Å². The number of carbonyl (C=O) groups excluding carboxylic acids is 2. The summed E-state index contributed by atoms with van der Waals surface area (Å²) in [6, 6.07) is 13.7. The topological polar surface area (TPSA) is 96.3 Å². The van der Waals surface area contributed by atoms with Gasteiger partial charge in [-0.05, 0) is 31.5 Å². The van der Waals surface area contributed by atoms with E-state index in [2.05, 4.69) is 15.2 Å². The van der Waals surface area contributed by atoms with Crippen molar-refractivity contribution in [2.24, 2.45) is 0 Å². The van der Waals surface area contributed by atoms with E-state index in [1.54, 1.807) is 32.0 Å². The van der Waals surface area contributed by atoms with Gasteiger partial charge in [0.05, 0.1) is 21.2 Å². The van der Waals surface area contributed by atoms with Crippen LogP contribution in [0.1, 0.15) is 37.5 Å². The van der Waals surface area contributed by atoms with E-state index < -0.39 is 23.5 Å². The normalized spacial score (nSPS) is 15.6. The highest BCUT2D eigenvalue weighted by atomic mass is 35.5. The molecule has 0 aliphatic carbocycles. The number of anilines is 1. The van der Waals surface area contributed by atoms with Crippen LogP contribution in [0, 0.1) is 13.8 Å². The molecule has 0 bridgehead atoms. The maximum Gasteiger partial charge on any atom is 0.296 e. The number of thiazole rings is 1. The van der Waals surface area contributed by atoms with Gasteiger partial charge in [-0.1, -0.05) is 82.7 Å². The number of aliphatic hydroxyl groups is 1. The highest BCUT2D eigenvalue weighted by Gasteiger charge is 2.48. The summed E-state index contributed by atoms with van der Waals surface area (Å²) in [7, 11) is 0. The lowest BCUT2D eigenvalue weighted by atomic mass is 9.95. The van der Waals surface area contributed by atoms with Gasteiger partial charge in [0.1, 0.15) is 6.04 Å². The second kappa shape index (κ2) is 10.5. The number of Topliss-reactive ketones (excluding diaryl/α,β-unsaturated/α-hetero) is 1. The molecule has 188 valence electrons. The SMILES string of the molecule is Cc1nc(C)c(C(=O)C2=C(O)C(=O)N(c3nnc(SCc4ccccc4)s3)C2c2c(Cl)cccc2Cl)s1. The molecule has 1 aliphatic heterocycles. The van der Waals surface area contributed by atoms with Gasteiger partial charge in [-0.25, -0.2) is 4.98 Å². The minimum Gasteiger partial charge on any atom is -0.503 e. The molecule has 0 saturated heterocycles. The van der Waals surface area contributed by atoms with Crippen molar-refractivity contribution < 1.29 is 14.7 Å². The van der Waals surface area contributed by atoms with Crippen LogP contribution >= 0.6 is 57.6 Å². The van der Waals surface area contributed by atoms with E-state index in [1.165, 1.54) is 39.3 Å². The Hall–Kier alpha value is -2.76. The lowest BCUT2D eigenvalue weighted by molar-refractivity contribution is -0.117. The van der Waals surface area contributed by atoms with Crippen molar-refractivity contribution in [2.75, 3.05) is 4.90 Å². The Kier molecular flexibility index (Phi) is 7.37. The highest BCUT2D eigenvalue weighted by Crippen LogP contribution is 2.48. The summed E-state index contributed by atoms with van der Waals surface area (Å²) in [5, 5.41) is 20.9. The first-order chi connectivity index (χ1) is 17.8.